The molecule has 0 saturated carbocycles. The number of fused-ring (bicyclic) bond motifs is 1. The molecule has 1 atom stereocenters. The van der Waals surface area contributed by atoms with Gasteiger partial charge in [-0.15, -0.1) is 0 Å². The van der Waals surface area contributed by atoms with Crippen molar-refractivity contribution in [2.45, 2.75) is 51.6 Å². The molecule has 2 heterocycles. The van der Waals surface area contributed by atoms with Crippen LogP contribution in [0.3, 0.4) is 0 Å². The van der Waals surface area contributed by atoms with Gasteiger partial charge >= 0.3 is 0 Å². The molecule has 20 heavy (non-hydrogen) atoms. The number of rotatable bonds is 4. The van der Waals surface area contributed by atoms with Gasteiger partial charge < -0.3 is 9.88 Å². The minimum atomic E-state index is 0.657. The molecule has 3 rings (SSSR count). The van der Waals surface area contributed by atoms with Gasteiger partial charge in [-0.3, -0.25) is 0 Å². The molecule has 1 fully saturated rings. The molecule has 4 heteroatoms. The van der Waals surface area contributed by atoms with Crippen molar-refractivity contribution in [1.29, 1.82) is 0 Å². The van der Waals surface area contributed by atoms with Crippen LogP contribution in [0.4, 0.5) is 0 Å². The number of aromatic nitrogens is 2. The van der Waals surface area contributed by atoms with Crippen LogP contribution >= 0.6 is 11.6 Å². The number of nitrogens with one attached hydrogen (secondary N) is 1. The van der Waals surface area contributed by atoms with Gasteiger partial charge in [0.1, 0.15) is 5.82 Å². The molecule has 1 aliphatic rings. The Kier molecular flexibility index (Phi) is 4.27. The molecule has 1 aromatic heterocycles. The van der Waals surface area contributed by atoms with E-state index in [1.54, 1.807) is 0 Å². The van der Waals surface area contributed by atoms with Gasteiger partial charge in [0.15, 0.2) is 0 Å². The van der Waals surface area contributed by atoms with Crippen molar-refractivity contribution in [2.24, 2.45) is 0 Å². The predicted octanol–water partition coefficient (Wildman–Crippen LogP) is 3.78. The number of imidazole rings is 1. The van der Waals surface area contributed by atoms with Crippen molar-refractivity contribution in [3.63, 3.8) is 0 Å². The number of piperidine rings is 1. The molecule has 1 aliphatic heterocycles. The average molecular weight is 292 g/mol. The van der Waals surface area contributed by atoms with Crippen LogP contribution in [0.5, 0.6) is 0 Å². The van der Waals surface area contributed by atoms with Gasteiger partial charge in [-0.05, 0) is 44.9 Å². The Morgan fingerprint density at radius 2 is 2.30 bits per heavy atom. The van der Waals surface area contributed by atoms with Gasteiger partial charge in [-0.2, -0.15) is 0 Å². The lowest BCUT2D eigenvalue weighted by Gasteiger charge is -2.23. The molecule has 1 aromatic carbocycles. The lowest BCUT2D eigenvalue weighted by Crippen LogP contribution is -2.34. The first-order valence-electron chi connectivity index (χ1n) is 7.66. The normalized spacial score (nSPS) is 19.6. The zero-order valence-electron chi connectivity index (χ0n) is 12.0. The minimum Gasteiger partial charge on any atom is -0.327 e. The molecule has 0 bridgehead atoms. The fourth-order valence-electron chi connectivity index (χ4n) is 3.20. The Hall–Kier alpha value is -1.06. The molecule has 0 aliphatic carbocycles. The third-order valence-corrected chi connectivity index (χ3v) is 4.55. The quantitative estimate of drug-likeness (QED) is 0.929. The van der Waals surface area contributed by atoms with Crippen LogP contribution in [-0.4, -0.2) is 22.1 Å². The molecule has 1 N–H and O–H groups in total. The van der Waals surface area contributed by atoms with Crippen LogP contribution in [-0.2, 0) is 13.0 Å². The highest BCUT2D eigenvalue weighted by Crippen LogP contribution is 2.25. The maximum absolute atomic E-state index is 6.33. The molecular weight excluding hydrogens is 270 g/mol. The molecule has 0 spiro atoms. The molecule has 2 aromatic rings. The number of para-hydroxylation sites is 1. The first-order chi connectivity index (χ1) is 9.79. The summed E-state index contributed by atoms with van der Waals surface area (Å²) >= 11 is 6.33. The van der Waals surface area contributed by atoms with E-state index in [9.17, 15) is 0 Å². The van der Waals surface area contributed by atoms with Crippen molar-refractivity contribution in [3.05, 3.63) is 29.0 Å². The molecule has 1 unspecified atom stereocenters. The van der Waals surface area contributed by atoms with Gasteiger partial charge in [0.05, 0.1) is 16.1 Å². The van der Waals surface area contributed by atoms with Gasteiger partial charge in [0.2, 0.25) is 0 Å². The smallest absolute Gasteiger partial charge is 0.109 e. The highest BCUT2D eigenvalue weighted by Gasteiger charge is 2.16. The molecule has 0 radical (unpaired) electrons. The van der Waals surface area contributed by atoms with Crippen LogP contribution in [0.25, 0.3) is 11.0 Å². The highest BCUT2D eigenvalue weighted by atomic mass is 35.5. The monoisotopic (exact) mass is 291 g/mol. The zero-order valence-corrected chi connectivity index (χ0v) is 12.8. The fourth-order valence-corrected chi connectivity index (χ4v) is 3.47. The predicted molar refractivity (Wildman–Crippen MR) is 84.4 cm³/mol. The average Bonchev–Trinajstić information content (AvgIpc) is 2.85. The first-order valence-corrected chi connectivity index (χ1v) is 8.04. The lowest BCUT2D eigenvalue weighted by atomic mass is 10.0. The Labute approximate surface area is 125 Å². The summed E-state index contributed by atoms with van der Waals surface area (Å²) in [6.45, 7) is 4.25. The van der Waals surface area contributed by atoms with Crippen molar-refractivity contribution in [3.8, 4) is 0 Å². The first kappa shape index (κ1) is 13.9. The zero-order chi connectivity index (χ0) is 13.9. The summed E-state index contributed by atoms with van der Waals surface area (Å²) < 4.78 is 2.26. The summed E-state index contributed by atoms with van der Waals surface area (Å²) in [5.41, 5.74) is 2.11. The molecular formula is C16H22ClN3. The van der Waals surface area contributed by atoms with Crippen molar-refractivity contribution in [1.82, 2.24) is 14.9 Å². The minimum absolute atomic E-state index is 0.657. The van der Waals surface area contributed by atoms with E-state index in [-0.39, 0.29) is 0 Å². The molecule has 108 valence electrons. The summed E-state index contributed by atoms with van der Waals surface area (Å²) in [5, 5.41) is 4.41. The number of benzene rings is 1. The van der Waals surface area contributed by atoms with E-state index in [4.69, 9.17) is 16.6 Å². The number of aryl methyl sites for hydroxylation is 2. The Morgan fingerprint density at radius 1 is 1.40 bits per heavy atom. The second-order valence-electron chi connectivity index (χ2n) is 5.57. The van der Waals surface area contributed by atoms with E-state index in [1.165, 1.54) is 38.1 Å². The molecule has 3 nitrogen and oxygen atoms in total. The van der Waals surface area contributed by atoms with Gasteiger partial charge in [0, 0.05) is 19.0 Å². The maximum atomic E-state index is 6.33. The summed E-state index contributed by atoms with van der Waals surface area (Å²) in [4.78, 5) is 4.78. The fraction of sp³-hybridized carbons (Fsp3) is 0.562. The Bertz CT molecular complexity index is 585. The van der Waals surface area contributed by atoms with Crippen molar-refractivity contribution in [2.75, 3.05) is 6.54 Å². The Balaban J connectivity index is 1.81. The van der Waals surface area contributed by atoms with Crippen LogP contribution in [0.1, 0.15) is 38.4 Å². The summed E-state index contributed by atoms with van der Waals surface area (Å²) in [6, 6.07) is 6.63. The number of halogens is 1. The number of hydrogen-bond donors (Lipinski definition) is 1. The van der Waals surface area contributed by atoms with Gasteiger partial charge in [0.25, 0.3) is 0 Å². The second-order valence-corrected chi connectivity index (χ2v) is 5.97. The third kappa shape index (κ3) is 2.70. The Morgan fingerprint density at radius 3 is 3.05 bits per heavy atom. The second kappa shape index (κ2) is 6.15. The van der Waals surface area contributed by atoms with E-state index >= 15 is 0 Å². The van der Waals surface area contributed by atoms with E-state index in [0.29, 0.717) is 6.04 Å². The van der Waals surface area contributed by atoms with Gasteiger partial charge in [-0.1, -0.05) is 24.1 Å². The van der Waals surface area contributed by atoms with Crippen molar-refractivity contribution < 1.29 is 0 Å². The van der Waals surface area contributed by atoms with Crippen molar-refractivity contribution >= 4 is 22.6 Å². The van der Waals surface area contributed by atoms with E-state index in [2.05, 4.69) is 22.9 Å². The van der Waals surface area contributed by atoms with Gasteiger partial charge in [-0.25, -0.2) is 4.98 Å². The maximum Gasteiger partial charge on any atom is 0.109 e. The van der Waals surface area contributed by atoms with E-state index in [0.717, 1.165) is 29.0 Å². The van der Waals surface area contributed by atoms with E-state index < -0.39 is 0 Å². The highest BCUT2D eigenvalue weighted by molar-refractivity contribution is 6.35. The van der Waals surface area contributed by atoms with Crippen LogP contribution < -0.4 is 5.32 Å². The largest absolute Gasteiger partial charge is 0.327 e. The topological polar surface area (TPSA) is 29.9 Å². The van der Waals surface area contributed by atoms with Crippen LogP contribution in [0.15, 0.2) is 18.2 Å². The number of hydrogen-bond acceptors (Lipinski definition) is 2. The molecule has 1 saturated heterocycles. The standard InChI is InChI=1S/C16H22ClN3/c1-2-20-15(10-9-12-6-3-4-11-18-12)19-14-8-5-7-13(17)16(14)20/h5,7-8,12,18H,2-4,6,9-11H2,1H3. The summed E-state index contributed by atoms with van der Waals surface area (Å²) in [7, 11) is 0. The SMILES string of the molecule is CCn1c(CCC2CCCCN2)nc2cccc(Cl)c21. The molecule has 0 amide bonds. The summed E-state index contributed by atoms with van der Waals surface area (Å²) in [5.74, 6) is 1.17. The lowest BCUT2D eigenvalue weighted by molar-refractivity contribution is 0.379. The van der Waals surface area contributed by atoms with Crippen LogP contribution in [0, 0.1) is 0 Å². The van der Waals surface area contributed by atoms with E-state index in [1.807, 2.05) is 12.1 Å². The summed E-state index contributed by atoms with van der Waals surface area (Å²) in [6.07, 6.45) is 6.16. The third-order valence-electron chi connectivity index (χ3n) is 4.24. The van der Waals surface area contributed by atoms with Crippen LogP contribution in [0.2, 0.25) is 5.02 Å². The number of nitrogens with zero attached hydrogens (tertiary/aromatic N) is 2.